The van der Waals surface area contributed by atoms with E-state index in [0.29, 0.717) is 30.6 Å². The Morgan fingerprint density at radius 3 is 1.94 bits per heavy atom. The number of carbonyl (C=O) groups excluding carboxylic acids is 2. The van der Waals surface area contributed by atoms with Gasteiger partial charge in [-0.1, -0.05) is 93.6 Å². The first-order chi connectivity index (χ1) is 17.3. The van der Waals surface area contributed by atoms with Crippen molar-refractivity contribution in [3.63, 3.8) is 0 Å². The number of anilines is 1. The molecule has 4 aromatic rings. The van der Waals surface area contributed by atoms with Gasteiger partial charge >= 0.3 is 0 Å². The number of carbonyl (C=O) groups is 2. The number of fused-ring (bicyclic) bond motifs is 2. The van der Waals surface area contributed by atoms with E-state index in [4.69, 9.17) is 5.10 Å². The summed E-state index contributed by atoms with van der Waals surface area (Å²) in [4.78, 5) is 30.1. The zero-order valence-corrected chi connectivity index (χ0v) is 20.9. The molecule has 2 aliphatic rings. The molecule has 1 aromatic heterocycles. The van der Waals surface area contributed by atoms with Crippen LogP contribution < -0.4 is 4.90 Å². The van der Waals surface area contributed by atoms with Gasteiger partial charge in [0, 0.05) is 35.2 Å². The van der Waals surface area contributed by atoms with Gasteiger partial charge in [0.2, 0.25) is 0 Å². The molecular weight excluding hydrogens is 446 g/mol. The summed E-state index contributed by atoms with van der Waals surface area (Å²) in [5.74, 6) is 0.829. The minimum Gasteiger partial charge on any atom is -0.350 e. The van der Waals surface area contributed by atoms with Gasteiger partial charge in [0.15, 0.2) is 11.6 Å². The Labute approximate surface area is 211 Å². The molecule has 0 radical (unpaired) electrons. The van der Waals surface area contributed by atoms with Crippen molar-refractivity contribution in [1.82, 2.24) is 9.78 Å². The van der Waals surface area contributed by atoms with E-state index >= 15 is 0 Å². The van der Waals surface area contributed by atoms with Crippen LogP contribution in [-0.4, -0.2) is 27.9 Å². The molecule has 0 atom stereocenters. The van der Waals surface area contributed by atoms with E-state index < -0.39 is 5.41 Å². The van der Waals surface area contributed by atoms with Crippen molar-refractivity contribution < 1.29 is 9.59 Å². The predicted molar refractivity (Wildman–Crippen MR) is 141 cm³/mol. The Hall–Kier alpha value is -3.99. The van der Waals surface area contributed by atoms with Gasteiger partial charge in [-0.05, 0) is 24.1 Å². The maximum absolute atomic E-state index is 14.0. The van der Waals surface area contributed by atoms with Crippen LogP contribution in [0.15, 0.2) is 84.9 Å². The topological polar surface area (TPSA) is 55.2 Å². The smallest absolute Gasteiger partial charge is 0.179 e. The highest BCUT2D eigenvalue weighted by Gasteiger charge is 2.57. The largest absolute Gasteiger partial charge is 0.350 e. The second-order valence-electron chi connectivity index (χ2n) is 11.0. The summed E-state index contributed by atoms with van der Waals surface area (Å²) < 4.78 is 2.00. The Morgan fingerprint density at radius 1 is 0.806 bits per heavy atom. The second-order valence-corrected chi connectivity index (χ2v) is 11.0. The SMILES string of the molecule is CC(C)(C)c1nn(-c2ccccc2)c2c1CC1(CN2Cc2ccccc2)C(=O)c2ccccc2C1=O. The fraction of sp³-hybridized carbons (Fsp3) is 0.258. The van der Waals surface area contributed by atoms with E-state index in [2.05, 4.69) is 37.8 Å². The number of rotatable bonds is 3. The zero-order valence-electron chi connectivity index (χ0n) is 20.9. The Bertz CT molecular complexity index is 1440. The lowest BCUT2D eigenvalue weighted by Gasteiger charge is -2.40. The van der Waals surface area contributed by atoms with Crippen molar-refractivity contribution in [2.24, 2.45) is 5.41 Å². The van der Waals surface area contributed by atoms with Crippen LogP contribution in [-0.2, 0) is 18.4 Å². The molecule has 5 heteroatoms. The normalized spacial score (nSPS) is 16.4. The van der Waals surface area contributed by atoms with Crippen molar-refractivity contribution in [3.05, 3.63) is 113 Å². The first-order valence-corrected chi connectivity index (χ1v) is 12.4. The molecule has 5 nitrogen and oxygen atoms in total. The summed E-state index contributed by atoms with van der Waals surface area (Å²) in [6, 6.07) is 27.6. The van der Waals surface area contributed by atoms with Crippen molar-refractivity contribution in [1.29, 1.82) is 0 Å². The van der Waals surface area contributed by atoms with Crippen molar-refractivity contribution >= 4 is 17.4 Å². The highest BCUT2D eigenvalue weighted by atomic mass is 16.2. The maximum Gasteiger partial charge on any atom is 0.179 e. The molecule has 0 N–H and O–H groups in total. The van der Waals surface area contributed by atoms with Crippen LogP contribution in [0, 0.1) is 5.41 Å². The molecule has 1 aliphatic carbocycles. The van der Waals surface area contributed by atoms with Gasteiger partial charge in [0.05, 0.1) is 11.4 Å². The summed E-state index contributed by atoms with van der Waals surface area (Å²) in [6.07, 6.45) is 0.361. The molecular formula is C31H29N3O2. The third-order valence-corrected chi connectivity index (χ3v) is 7.41. The molecule has 0 bridgehead atoms. The van der Waals surface area contributed by atoms with E-state index in [1.165, 1.54) is 0 Å². The van der Waals surface area contributed by atoms with Gasteiger partial charge in [-0.25, -0.2) is 4.68 Å². The number of hydrogen-bond donors (Lipinski definition) is 0. The number of nitrogens with zero attached hydrogens (tertiary/aromatic N) is 3. The number of para-hydroxylation sites is 1. The number of Topliss-reactive ketones (excluding diaryl/α,β-unsaturated/α-hetero) is 2. The standard InChI is InChI=1S/C31H29N3O2/c1-30(2,3)26-25-18-31(27(35)23-16-10-11-17-24(23)28(31)36)20-33(19-21-12-6-4-7-13-21)29(25)34(32-26)22-14-8-5-9-15-22/h4-17H,18-20H2,1-3H3. The van der Waals surface area contributed by atoms with Gasteiger partial charge in [-0.2, -0.15) is 5.10 Å². The van der Waals surface area contributed by atoms with Crippen LogP contribution in [0.4, 0.5) is 5.82 Å². The molecule has 180 valence electrons. The molecule has 1 spiro atoms. The van der Waals surface area contributed by atoms with Crippen molar-refractivity contribution in [3.8, 4) is 5.69 Å². The Balaban J connectivity index is 1.59. The van der Waals surface area contributed by atoms with Crippen LogP contribution in [0.25, 0.3) is 5.69 Å². The second kappa shape index (κ2) is 8.02. The highest BCUT2D eigenvalue weighted by Crippen LogP contribution is 2.49. The van der Waals surface area contributed by atoms with Gasteiger partial charge in [0.25, 0.3) is 0 Å². The number of hydrogen-bond acceptors (Lipinski definition) is 4. The van der Waals surface area contributed by atoms with E-state index in [1.54, 1.807) is 12.1 Å². The van der Waals surface area contributed by atoms with Crippen LogP contribution in [0.1, 0.15) is 58.3 Å². The molecule has 36 heavy (non-hydrogen) atoms. The van der Waals surface area contributed by atoms with Crippen LogP contribution >= 0.6 is 0 Å². The van der Waals surface area contributed by atoms with Gasteiger partial charge in [-0.15, -0.1) is 0 Å². The zero-order chi connectivity index (χ0) is 25.1. The molecule has 3 aromatic carbocycles. The van der Waals surface area contributed by atoms with E-state index in [-0.39, 0.29) is 17.0 Å². The van der Waals surface area contributed by atoms with E-state index in [0.717, 1.165) is 28.3 Å². The third-order valence-electron chi connectivity index (χ3n) is 7.41. The average molecular weight is 476 g/mol. The lowest BCUT2D eigenvalue weighted by molar-refractivity contribution is 0.0696. The molecule has 0 fully saturated rings. The highest BCUT2D eigenvalue weighted by molar-refractivity contribution is 6.30. The average Bonchev–Trinajstić information content (AvgIpc) is 3.37. The molecule has 0 saturated carbocycles. The monoisotopic (exact) mass is 475 g/mol. The molecule has 0 saturated heterocycles. The van der Waals surface area contributed by atoms with Crippen LogP contribution in [0.5, 0.6) is 0 Å². The number of benzene rings is 3. The van der Waals surface area contributed by atoms with Crippen molar-refractivity contribution in [2.75, 3.05) is 11.4 Å². The van der Waals surface area contributed by atoms with Crippen LogP contribution in [0.2, 0.25) is 0 Å². The molecule has 2 heterocycles. The summed E-state index contributed by atoms with van der Waals surface area (Å²) in [5.41, 5.74) is 3.67. The van der Waals surface area contributed by atoms with E-state index in [9.17, 15) is 9.59 Å². The maximum atomic E-state index is 14.0. The van der Waals surface area contributed by atoms with Gasteiger partial charge < -0.3 is 4.90 Å². The minimum atomic E-state index is -1.14. The fourth-order valence-corrected chi connectivity index (χ4v) is 5.78. The molecule has 1 aliphatic heterocycles. The fourth-order valence-electron chi connectivity index (χ4n) is 5.78. The van der Waals surface area contributed by atoms with E-state index in [1.807, 2.05) is 65.3 Å². The first-order valence-electron chi connectivity index (χ1n) is 12.4. The van der Waals surface area contributed by atoms with Crippen molar-refractivity contribution in [2.45, 2.75) is 39.2 Å². The van der Waals surface area contributed by atoms with Gasteiger partial charge in [0.1, 0.15) is 11.2 Å². The van der Waals surface area contributed by atoms with Gasteiger partial charge in [-0.3, -0.25) is 9.59 Å². The summed E-state index contributed by atoms with van der Waals surface area (Å²) in [6.45, 7) is 7.32. The number of aromatic nitrogens is 2. The minimum absolute atomic E-state index is 0.0702. The third kappa shape index (κ3) is 3.34. The Kier molecular flexibility index (Phi) is 5.01. The van der Waals surface area contributed by atoms with Crippen LogP contribution in [0.3, 0.4) is 0 Å². The summed E-state index contributed by atoms with van der Waals surface area (Å²) in [7, 11) is 0. The quantitative estimate of drug-likeness (QED) is 0.352. The lowest BCUT2D eigenvalue weighted by atomic mass is 9.72. The lowest BCUT2D eigenvalue weighted by Crippen LogP contribution is -2.50. The summed E-state index contributed by atoms with van der Waals surface area (Å²) >= 11 is 0. The number of ketones is 2. The predicted octanol–water partition coefficient (Wildman–Crippen LogP) is 5.80. The molecule has 0 amide bonds. The first kappa shape index (κ1) is 22.5. The summed E-state index contributed by atoms with van der Waals surface area (Å²) in [5, 5.41) is 5.13. The molecule has 0 unspecified atom stereocenters. The molecule has 6 rings (SSSR count). The Morgan fingerprint density at radius 2 is 1.36 bits per heavy atom.